The zero-order valence-electron chi connectivity index (χ0n) is 10.3. The normalized spacial score (nSPS) is 10.7. The first-order valence-electron chi connectivity index (χ1n) is 5.61. The summed E-state index contributed by atoms with van der Waals surface area (Å²) in [4.78, 5) is 12.0. The van der Waals surface area contributed by atoms with Crippen molar-refractivity contribution in [3.8, 4) is 0 Å². The number of anilines is 1. The van der Waals surface area contributed by atoms with Crippen LogP contribution in [0.3, 0.4) is 0 Å². The van der Waals surface area contributed by atoms with E-state index in [9.17, 15) is 13.6 Å². The third kappa shape index (κ3) is 3.51. The van der Waals surface area contributed by atoms with Crippen molar-refractivity contribution in [2.24, 2.45) is 5.92 Å². The molecule has 0 aromatic heterocycles. The zero-order chi connectivity index (χ0) is 13.0. The number of hydrogen-bond acceptors (Lipinski definition) is 2. The first-order valence-corrected chi connectivity index (χ1v) is 5.61. The highest BCUT2D eigenvalue weighted by molar-refractivity contribution is 5.76. The molecule has 94 valence electrons. The van der Waals surface area contributed by atoms with E-state index in [0.717, 1.165) is 18.6 Å². The molecule has 0 atom stereocenters. The fourth-order valence-electron chi connectivity index (χ4n) is 1.58. The van der Waals surface area contributed by atoms with Gasteiger partial charge < -0.3 is 4.90 Å². The van der Waals surface area contributed by atoms with Crippen LogP contribution in [-0.4, -0.2) is 19.9 Å². The smallest absolute Gasteiger partial charge is 0.150 e. The van der Waals surface area contributed by atoms with E-state index in [1.165, 1.54) is 0 Å². The van der Waals surface area contributed by atoms with Crippen LogP contribution in [0.25, 0.3) is 0 Å². The molecule has 0 spiro atoms. The average molecular weight is 241 g/mol. The summed E-state index contributed by atoms with van der Waals surface area (Å²) in [6.07, 6.45) is 1.29. The maximum Gasteiger partial charge on any atom is 0.150 e. The van der Waals surface area contributed by atoms with Gasteiger partial charge in [0, 0.05) is 19.2 Å². The molecule has 0 aliphatic heterocycles. The minimum atomic E-state index is -0.696. The summed E-state index contributed by atoms with van der Waals surface area (Å²) in [5.41, 5.74) is -0.0581. The third-order valence-corrected chi connectivity index (χ3v) is 2.60. The van der Waals surface area contributed by atoms with Crippen molar-refractivity contribution in [1.29, 1.82) is 0 Å². The molecule has 17 heavy (non-hydrogen) atoms. The molecule has 0 radical (unpaired) electrons. The van der Waals surface area contributed by atoms with E-state index in [0.29, 0.717) is 18.7 Å². The number of halogens is 2. The van der Waals surface area contributed by atoms with Gasteiger partial charge in [-0.15, -0.1) is 0 Å². The van der Waals surface area contributed by atoms with Gasteiger partial charge in [-0.1, -0.05) is 13.8 Å². The van der Waals surface area contributed by atoms with Crippen LogP contribution in [0.2, 0.25) is 0 Å². The maximum absolute atomic E-state index is 13.6. The summed E-state index contributed by atoms with van der Waals surface area (Å²) in [5, 5.41) is 0. The van der Waals surface area contributed by atoms with E-state index in [1.54, 1.807) is 11.9 Å². The second-order valence-corrected chi connectivity index (χ2v) is 4.56. The lowest BCUT2D eigenvalue weighted by molar-refractivity contribution is 0.112. The van der Waals surface area contributed by atoms with Crippen LogP contribution >= 0.6 is 0 Å². The number of nitrogens with zero attached hydrogens (tertiary/aromatic N) is 1. The Labute approximate surface area is 100 Å². The molecule has 1 rings (SSSR count). The van der Waals surface area contributed by atoms with Crippen LogP contribution in [-0.2, 0) is 0 Å². The van der Waals surface area contributed by atoms with Crippen LogP contribution in [0.4, 0.5) is 14.5 Å². The molecule has 0 fully saturated rings. The molecule has 0 bridgehead atoms. The van der Waals surface area contributed by atoms with Gasteiger partial charge in [0.2, 0.25) is 0 Å². The highest BCUT2D eigenvalue weighted by Gasteiger charge is 2.15. The van der Waals surface area contributed by atoms with Gasteiger partial charge in [-0.05, 0) is 24.5 Å². The average Bonchev–Trinajstić information content (AvgIpc) is 2.25. The second-order valence-electron chi connectivity index (χ2n) is 4.56. The van der Waals surface area contributed by atoms with Crippen LogP contribution in [0.1, 0.15) is 30.6 Å². The minimum absolute atomic E-state index is 0.0148. The van der Waals surface area contributed by atoms with Gasteiger partial charge in [0.1, 0.15) is 23.6 Å². The van der Waals surface area contributed by atoms with Gasteiger partial charge in [0.25, 0.3) is 0 Å². The number of aldehydes is 1. The molecule has 0 saturated carbocycles. The van der Waals surface area contributed by atoms with Crippen molar-refractivity contribution in [2.45, 2.75) is 20.3 Å². The summed E-state index contributed by atoms with van der Waals surface area (Å²) in [6.45, 7) is 4.68. The molecule has 0 saturated heterocycles. The molecule has 1 aromatic carbocycles. The maximum atomic E-state index is 13.6. The van der Waals surface area contributed by atoms with Crippen molar-refractivity contribution in [3.05, 3.63) is 29.3 Å². The number of rotatable bonds is 5. The molecule has 2 nitrogen and oxygen atoms in total. The van der Waals surface area contributed by atoms with Crippen LogP contribution in [0.15, 0.2) is 12.1 Å². The van der Waals surface area contributed by atoms with E-state index < -0.39 is 11.6 Å². The molecule has 0 amide bonds. The third-order valence-electron chi connectivity index (χ3n) is 2.60. The van der Waals surface area contributed by atoms with Crippen molar-refractivity contribution in [2.75, 3.05) is 18.5 Å². The summed E-state index contributed by atoms with van der Waals surface area (Å²) in [7, 11) is 1.64. The van der Waals surface area contributed by atoms with E-state index in [1.807, 2.05) is 0 Å². The van der Waals surface area contributed by atoms with Gasteiger partial charge in [0.15, 0.2) is 0 Å². The van der Waals surface area contributed by atoms with Crippen molar-refractivity contribution >= 4 is 12.0 Å². The summed E-state index contributed by atoms with van der Waals surface area (Å²) in [5.74, 6) is -0.922. The topological polar surface area (TPSA) is 20.3 Å². The summed E-state index contributed by atoms with van der Waals surface area (Å²) in [6, 6.07) is 2.11. The van der Waals surface area contributed by atoms with E-state index in [2.05, 4.69) is 13.8 Å². The van der Waals surface area contributed by atoms with Gasteiger partial charge >= 0.3 is 0 Å². The van der Waals surface area contributed by atoms with Crippen molar-refractivity contribution < 1.29 is 13.6 Å². The number of carbonyl (C=O) groups is 1. The van der Waals surface area contributed by atoms with Gasteiger partial charge in [0.05, 0.1) is 0 Å². The van der Waals surface area contributed by atoms with E-state index in [4.69, 9.17) is 0 Å². The Morgan fingerprint density at radius 3 is 2.24 bits per heavy atom. The Kier molecular flexibility index (Phi) is 4.61. The van der Waals surface area contributed by atoms with Crippen LogP contribution in [0, 0.1) is 17.6 Å². The largest absolute Gasteiger partial charge is 0.370 e. The molecule has 0 heterocycles. The Hall–Kier alpha value is -1.45. The Balaban J connectivity index is 2.93. The van der Waals surface area contributed by atoms with Crippen LogP contribution in [0.5, 0.6) is 0 Å². The number of benzene rings is 1. The molecule has 0 unspecified atom stereocenters. The molecule has 1 aromatic rings. The van der Waals surface area contributed by atoms with Crippen molar-refractivity contribution in [1.82, 2.24) is 0 Å². The lowest BCUT2D eigenvalue weighted by atomic mass is 10.1. The van der Waals surface area contributed by atoms with Crippen LogP contribution < -0.4 is 4.90 Å². The lowest BCUT2D eigenvalue weighted by Gasteiger charge is -2.21. The predicted octanol–water partition coefficient (Wildman–Crippen LogP) is 3.26. The van der Waals surface area contributed by atoms with Gasteiger partial charge in [-0.3, -0.25) is 4.79 Å². The first kappa shape index (κ1) is 13.6. The SMILES string of the molecule is CC(C)CCN(C)c1c(F)cc(C=O)cc1F. The highest BCUT2D eigenvalue weighted by atomic mass is 19.1. The van der Waals surface area contributed by atoms with Gasteiger partial charge in [-0.25, -0.2) is 8.78 Å². The summed E-state index contributed by atoms with van der Waals surface area (Å²) < 4.78 is 27.3. The molecule has 0 aliphatic carbocycles. The standard InChI is InChI=1S/C13H17F2NO/c1-9(2)4-5-16(3)13-11(14)6-10(8-17)7-12(13)15/h6-9H,4-5H2,1-3H3. The second kappa shape index (κ2) is 5.75. The lowest BCUT2D eigenvalue weighted by Crippen LogP contribution is -2.22. The Morgan fingerprint density at radius 1 is 1.29 bits per heavy atom. The summed E-state index contributed by atoms with van der Waals surface area (Å²) >= 11 is 0. The van der Waals surface area contributed by atoms with E-state index in [-0.39, 0.29) is 11.3 Å². The minimum Gasteiger partial charge on any atom is -0.370 e. The Morgan fingerprint density at radius 2 is 1.82 bits per heavy atom. The monoisotopic (exact) mass is 241 g/mol. The fourth-order valence-corrected chi connectivity index (χ4v) is 1.58. The molecular formula is C13H17F2NO. The molecule has 0 aliphatic rings. The number of hydrogen-bond donors (Lipinski definition) is 0. The zero-order valence-corrected chi connectivity index (χ0v) is 10.3. The predicted molar refractivity (Wildman–Crippen MR) is 64.5 cm³/mol. The quantitative estimate of drug-likeness (QED) is 0.737. The van der Waals surface area contributed by atoms with E-state index >= 15 is 0 Å². The number of carbonyl (C=O) groups excluding carboxylic acids is 1. The van der Waals surface area contributed by atoms with Crippen molar-refractivity contribution in [3.63, 3.8) is 0 Å². The van der Waals surface area contributed by atoms with Gasteiger partial charge in [-0.2, -0.15) is 0 Å². The molecule has 4 heteroatoms. The first-order chi connectivity index (χ1) is 7.95. The molecular weight excluding hydrogens is 224 g/mol. The molecule has 0 N–H and O–H groups in total. The Bertz CT molecular complexity index is 381. The highest BCUT2D eigenvalue weighted by Crippen LogP contribution is 2.24. The fraction of sp³-hybridized carbons (Fsp3) is 0.462.